The van der Waals surface area contributed by atoms with Crippen molar-refractivity contribution in [3.63, 3.8) is 0 Å². The van der Waals surface area contributed by atoms with Gasteiger partial charge in [-0.1, -0.05) is 61.4 Å². The summed E-state index contributed by atoms with van der Waals surface area (Å²) in [6, 6.07) is 10.0. The summed E-state index contributed by atoms with van der Waals surface area (Å²) in [5, 5.41) is 9.37. The number of aromatic nitrogens is 3. The molecule has 2 heterocycles. The van der Waals surface area contributed by atoms with Crippen molar-refractivity contribution < 1.29 is 4.79 Å². The normalized spacial score (nSPS) is 22.9. The van der Waals surface area contributed by atoms with Crippen molar-refractivity contribution >= 4 is 17.7 Å². The van der Waals surface area contributed by atoms with Crippen LogP contribution in [0.15, 0.2) is 35.5 Å². The number of nitrogens with zero attached hydrogens (tertiary/aromatic N) is 4. The third kappa shape index (κ3) is 3.65. The molecule has 1 aromatic heterocycles. The van der Waals surface area contributed by atoms with Crippen molar-refractivity contribution in [2.75, 3.05) is 18.8 Å². The Kier molecular flexibility index (Phi) is 5.29. The summed E-state index contributed by atoms with van der Waals surface area (Å²) < 4.78 is 1.97. The fourth-order valence-corrected chi connectivity index (χ4v) is 5.14. The molecule has 1 amide bonds. The molecular weight excluding hydrogens is 344 g/mol. The largest absolute Gasteiger partial charge is 0.342 e. The fraction of sp³-hybridized carbons (Fsp3) is 0.550. The highest BCUT2D eigenvalue weighted by Gasteiger charge is 2.32. The second kappa shape index (κ2) is 7.82. The van der Waals surface area contributed by atoms with Crippen LogP contribution in [-0.2, 0) is 11.8 Å². The number of piperidine rings is 1. The maximum absolute atomic E-state index is 12.7. The minimum atomic E-state index is 0.239. The Labute approximate surface area is 159 Å². The third-order valence-electron chi connectivity index (χ3n) is 5.84. The van der Waals surface area contributed by atoms with Gasteiger partial charge in [0.2, 0.25) is 5.91 Å². The van der Waals surface area contributed by atoms with Crippen molar-refractivity contribution in [2.45, 2.75) is 37.3 Å². The van der Waals surface area contributed by atoms with Gasteiger partial charge in [-0.2, -0.15) is 0 Å². The zero-order valence-electron chi connectivity index (χ0n) is 15.3. The highest BCUT2D eigenvalue weighted by Crippen LogP contribution is 2.36. The molecule has 4 rings (SSSR count). The van der Waals surface area contributed by atoms with E-state index in [2.05, 4.69) is 15.1 Å². The highest BCUT2D eigenvalue weighted by atomic mass is 32.2. The van der Waals surface area contributed by atoms with Crippen molar-refractivity contribution in [3.05, 3.63) is 30.3 Å². The van der Waals surface area contributed by atoms with Gasteiger partial charge in [-0.15, -0.1) is 10.2 Å². The molecule has 5 nitrogen and oxygen atoms in total. The van der Waals surface area contributed by atoms with Gasteiger partial charge in [-0.05, 0) is 24.7 Å². The maximum atomic E-state index is 12.7. The number of rotatable bonds is 4. The molecule has 2 atom stereocenters. The van der Waals surface area contributed by atoms with E-state index in [0.29, 0.717) is 5.75 Å². The van der Waals surface area contributed by atoms with Crippen LogP contribution in [-0.4, -0.2) is 44.4 Å². The minimum Gasteiger partial charge on any atom is -0.342 e. The quantitative estimate of drug-likeness (QED) is 0.772. The molecule has 0 spiro atoms. The summed E-state index contributed by atoms with van der Waals surface area (Å²) in [6.07, 6.45) is 6.55. The van der Waals surface area contributed by atoms with E-state index >= 15 is 0 Å². The summed E-state index contributed by atoms with van der Waals surface area (Å²) in [6.45, 7) is 1.88. The molecule has 2 fully saturated rings. The lowest BCUT2D eigenvalue weighted by Gasteiger charge is -2.41. The molecule has 1 saturated carbocycles. The molecule has 1 aliphatic carbocycles. The minimum absolute atomic E-state index is 0.239. The average Bonchev–Trinajstić information content (AvgIpc) is 3.07. The van der Waals surface area contributed by atoms with Crippen molar-refractivity contribution in [3.8, 4) is 11.4 Å². The summed E-state index contributed by atoms with van der Waals surface area (Å²) in [5.74, 6) is 3.10. The monoisotopic (exact) mass is 370 g/mol. The molecule has 6 heteroatoms. The molecule has 26 heavy (non-hydrogen) atoms. The molecule has 1 saturated heterocycles. The van der Waals surface area contributed by atoms with E-state index in [0.717, 1.165) is 41.5 Å². The molecule has 2 aliphatic rings. The van der Waals surface area contributed by atoms with Gasteiger partial charge in [0.1, 0.15) is 0 Å². The Morgan fingerprint density at radius 1 is 1.12 bits per heavy atom. The van der Waals surface area contributed by atoms with Crippen LogP contribution in [0.5, 0.6) is 0 Å². The zero-order valence-corrected chi connectivity index (χ0v) is 16.1. The third-order valence-corrected chi connectivity index (χ3v) is 6.84. The molecule has 1 aromatic carbocycles. The number of benzene rings is 1. The molecule has 0 unspecified atom stereocenters. The van der Waals surface area contributed by atoms with Crippen LogP contribution in [0.1, 0.15) is 32.1 Å². The zero-order chi connectivity index (χ0) is 17.9. The topological polar surface area (TPSA) is 51.0 Å². The predicted octanol–water partition coefficient (Wildman–Crippen LogP) is 3.61. The van der Waals surface area contributed by atoms with E-state index in [4.69, 9.17) is 0 Å². The van der Waals surface area contributed by atoms with Crippen molar-refractivity contribution in [1.29, 1.82) is 0 Å². The van der Waals surface area contributed by atoms with Gasteiger partial charge >= 0.3 is 0 Å². The Bertz CT molecular complexity index is 760. The van der Waals surface area contributed by atoms with Crippen LogP contribution < -0.4 is 0 Å². The van der Waals surface area contributed by atoms with E-state index in [-0.39, 0.29) is 5.91 Å². The number of likely N-dealkylation sites (tertiary alicyclic amines) is 1. The van der Waals surface area contributed by atoms with Gasteiger partial charge in [0.05, 0.1) is 5.75 Å². The first-order valence-corrected chi connectivity index (χ1v) is 10.6. The average molecular weight is 371 g/mol. The molecule has 0 radical (unpaired) electrons. The van der Waals surface area contributed by atoms with Gasteiger partial charge in [-0.3, -0.25) is 4.79 Å². The number of hydrogen-bond donors (Lipinski definition) is 0. The number of hydrogen-bond acceptors (Lipinski definition) is 4. The number of thioether (sulfide) groups is 1. The van der Waals surface area contributed by atoms with Gasteiger partial charge in [0, 0.05) is 25.7 Å². The van der Waals surface area contributed by atoms with Crippen molar-refractivity contribution in [2.24, 2.45) is 18.9 Å². The van der Waals surface area contributed by atoms with Gasteiger partial charge in [0.15, 0.2) is 11.0 Å². The Morgan fingerprint density at radius 2 is 1.88 bits per heavy atom. The summed E-state index contributed by atoms with van der Waals surface area (Å²) in [4.78, 5) is 14.8. The predicted molar refractivity (Wildman–Crippen MR) is 104 cm³/mol. The van der Waals surface area contributed by atoms with Crippen LogP contribution in [0.25, 0.3) is 11.4 Å². The van der Waals surface area contributed by atoms with E-state index in [1.807, 2.05) is 41.9 Å². The first-order chi connectivity index (χ1) is 12.7. The van der Waals surface area contributed by atoms with Crippen LogP contribution in [0.3, 0.4) is 0 Å². The lowest BCUT2D eigenvalue weighted by atomic mass is 9.75. The first kappa shape index (κ1) is 17.6. The Hall–Kier alpha value is -1.82. The second-order valence-corrected chi connectivity index (χ2v) is 8.40. The fourth-order valence-electron chi connectivity index (χ4n) is 4.32. The Balaban J connectivity index is 1.36. The van der Waals surface area contributed by atoms with Gasteiger partial charge < -0.3 is 9.47 Å². The summed E-state index contributed by atoms with van der Waals surface area (Å²) in [5.41, 5.74) is 1.04. The molecule has 138 valence electrons. The maximum Gasteiger partial charge on any atom is 0.233 e. The summed E-state index contributed by atoms with van der Waals surface area (Å²) in [7, 11) is 1.96. The van der Waals surface area contributed by atoms with E-state index < -0.39 is 0 Å². The number of carbonyl (C=O) groups is 1. The lowest BCUT2D eigenvalue weighted by Crippen LogP contribution is -2.45. The SMILES string of the molecule is Cn1c(SCC(=O)N2CC[C@H]3CCCC[C@@H]3C2)nnc1-c1ccccc1. The lowest BCUT2D eigenvalue weighted by molar-refractivity contribution is -0.131. The molecular formula is C20H26N4OS. The second-order valence-electron chi connectivity index (χ2n) is 7.45. The molecule has 0 bridgehead atoms. The number of fused-ring (bicyclic) bond motifs is 1. The summed E-state index contributed by atoms with van der Waals surface area (Å²) >= 11 is 1.49. The standard InChI is InChI=1S/C20H26N4OS/c1-23-19(16-8-3-2-4-9-16)21-22-20(23)26-14-18(25)24-12-11-15-7-5-6-10-17(15)13-24/h2-4,8-9,15,17H,5-7,10-14H2,1H3/t15-,17-/m1/s1. The van der Waals surface area contributed by atoms with Crippen LogP contribution in [0, 0.1) is 11.8 Å². The van der Waals surface area contributed by atoms with Crippen LogP contribution in [0.4, 0.5) is 0 Å². The van der Waals surface area contributed by atoms with Crippen LogP contribution >= 0.6 is 11.8 Å². The van der Waals surface area contributed by atoms with E-state index in [1.165, 1.54) is 43.9 Å². The first-order valence-electron chi connectivity index (χ1n) is 9.58. The van der Waals surface area contributed by atoms with Gasteiger partial charge in [-0.25, -0.2) is 0 Å². The molecule has 0 N–H and O–H groups in total. The number of carbonyl (C=O) groups excluding carboxylic acids is 1. The van der Waals surface area contributed by atoms with E-state index in [9.17, 15) is 4.79 Å². The number of amides is 1. The Morgan fingerprint density at radius 3 is 2.69 bits per heavy atom. The smallest absolute Gasteiger partial charge is 0.233 e. The highest BCUT2D eigenvalue weighted by molar-refractivity contribution is 7.99. The van der Waals surface area contributed by atoms with E-state index in [1.54, 1.807) is 0 Å². The molecule has 2 aromatic rings. The molecule has 1 aliphatic heterocycles. The van der Waals surface area contributed by atoms with Gasteiger partial charge in [0.25, 0.3) is 0 Å². The van der Waals surface area contributed by atoms with Crippen LogP contribution in [0.2, 0.25) is 0 Å². The van der Waals surface area contributed by atoms with Crippen molar-refractivity contribution in [1.82, 2.24) is 19.7 Å².